The summed E-state index contributed by atoms with van der Waals surface area (Å²) in [7, 11) is 0. The van der Waals surface area contributed by atoms with Crippen molar-refractivity contribution in [3.05, 3.63) is 81.0 Å². The number of halogens is 2. The predicted octanol–water partition coefficient (Wildman–Crippen LogP) is 4.63. The van der Waals surface area contributed by atoms with E-state index < -0.39 is 0 Å². The maximum atomic E-state index is 12.8. The van der Waals surface area contributed by atoms with Crippen LogP contribution in [-0.2, 0) is 0 Å². The van der Waals surface area contributed by atoms with Crippen molar-refractivity contribution in [3.63, 3.8) is 0 Å². The number of carbonyl (C=O) groups is 1. The third kappa shape index (κ3) is 2.84. The van der Waals surface area contributed by atoms with Gasteiger partial charge in [0, 0.05) is 14.5 Å². The van der Waals surface area contributed by atoms with Gasteiger partial charge in [-0.25, -0.2) is 4.68 Å². The molecule has 1 aromatic heterocycles. The molecule has 5 heteroatoms. The maximum absolute atomic E-state index is 12.8. The Kier molecular flexibility index (Phi) is 4.03. The standard InChI is InChI=1S/C16H10Br2N2O/c17-11-6-7-14(18)13(10-11)16(21)15-8-9-19-20(15)12-4-2-1-3-5-12/h1-10H. The van der Waals surface area contributed by atoms with Crippen LogP contribution in [0.4, 0.5) is 0 Å². The molecule has 0 bridgehead atoms. The van der Waals surface area contributed by atoms with Crippen molar-refractivity contribution in [1.29, 1.82) is 0 Å². The second kappa shape index (κ2) is 5.95. The lowest BCUT2D eigenvalue weighted by Crippen LogP contribution is -2.10. The van der Waals surface area contributed by atoms with E-state index in [0.29, 0.717) is 11.3 Å². The molecule has 1 heterocycles. The summed E-state index contributed by atoms with van der Waals surface area (Å²) in [6.45, 7) is 0. The number of rotatable bonds is 3. The van der Waals surface area contributed by atoms with Crippen LogP contribution in [0.1, 0.15) is 16.1 Å². The fraction of sp³-hybridized carbons (Fsp3) is 0. The normalized spacial score (nSPS) is 10.6. The minimum atomic E-state index is -0.0791. The first kappa shape index (κ1) is 14.2. The highest BCUT2D eigenvalue weighted by atomic mass is 79.9. The summed E-state index contributed by atoms with van der Waals surface area (Å²) in [5, 5.41) is 4.25. The average Bonchev–Trinajstić information content (AvgIpc) is 2.99. The van der Waals surface area contributed by atoms with Crippen LogP contribution in [0.2, 0.25) is 0 Å². The number of hydrogen-bond donors (Lipinski definition) is 0. The molecule has 0 fully saturated rings. The number of ketones is 1. The summed E-state index contributed by atoms with van der Waals surface area (Å²) in [5.74, 6) is -0.0791. The monoisotopic (exact) mass is 404 g/mol. The largest absolute Gasteiger partial charge is 0.287 e. The Labute approximate surface area is 138 Å². The van der Waals surface area contributed by atoms with E-state index in [-0.39, 0.29) is 5.78 Å². The predicted molar refractivity (Wildman–Crippen MR) is 88.8 cm³/mol. The molecule has 0 aliphatic carbocycles. The molecule has 21 heavy (non-hydrogen) atoms. The number of hydrogen-bond acceptors (Lipinski definition) is 2. The quantitative estimate of drug-likeness (QED) is 0.595. The van der Waals surface area contributed by atoms with Crippen molar-refractivity contribution in [1.82, 2.24) is 9.78 Å². The molecule has 0 amide bonds. The van der Waals surface area contributed by atoms with Gasteiger partial charge in [0.1, 0.15) is 5.69 Å². The molecule has 0 atom stereocenters. The lowest BCUT2D eigenvalue weighted by atomic mass is 10.1. The van der Waals surface area contributed by atoms with Crippen molar-refractivity contribution in [3.8, 4) is 5.69 Å². The van der Waals surface area contributed by atoms with Crippen LogP contribution in [-0.4, -0.2) is 15.6 Å². The van der Waals surface area contributed by atoms with Gasteiger partial charge < -0.3 is 0 Å². The maximum Gasteiger partial charge on any atom is 0.212 e. The average molecular weight is 406 g/mol. The lowest BCUT2D eigenvalue weighted by molar-refractivity contribution is 0.103. The molecule has 0 N–H and O–H groups in total. The fourth-order valence-corrected chi connectivity index (χ4v) is 2.85. The third-order valence-corrected chi connectivity index (χ3v) is 4.23. The Morgan fingerprint density at radius 3 is 2.52 bits per heavy atom. The Hall–Kier alpha value is -1.72. The van der Waals surface area contributed by atoms with E-state index in [2.05, 4.69) is 37.0 Å². The Balaban J connectivity index is 2.08. The van der Waals surface area contributed by atoms with E-state index in [9.17, 15) is 4.79 Å². The highest BCUT2D eigenvalue weighted by molar-refractivity contribution is 9.11. The molecule has 0 saturated carbocycles. The zero-order valence-electron chi connectivity index (χ0n) is 10.8. The first-order valence-corrected chi connectivity index (χ1v) is 7.84. The van der Waals surface area contributed by atoms with Gasteiger partial charge in [-0.2, -0.15) is 5.10 Å². The number of aromatic nitrogens is 2. The van der Waals surface area contributed by atoms with Gasteiger partial charge in [-0.05, 0) is 36.4 Å². The van der Waals surface area contributed by atoms with Gasteiger partial charge in [0.2, 0.25) is 5.78 Å². The Morgan fingerprint density at radius 1 is 1.00 bits per heavy atom. The molecule has 0 spiro atoms. The molecule has 3 nitrogen and oxygen atoms in total. The van der Waals surface area contributed by atoms with Crippen molar-refractivity contribution in [2.24, 2.45) is 0 Å². The van der Waals surface area contributed by atoms with E-state index in [4.69, 9.17) is 0 Å². The van der Waals surface area contributed by atoms with E-state index >= 15 is 0 Å². The molecule has 0 unspecified atom stereocenters. The highest BCUT2D eigenvalue weighted by Crippen LogP contribution is 2.24. The number of para-hydroxylation sites is 1. The van der Waals surface area contributed by atoms with Gasteiger partial charge in [0.05, 0.1) is 11.9 Å². The minimum Gasteiger partial charge on any atom is -0.287 e. The smallest absolute Gasteiger partial charge is 0.212 e. The zero-order valence-corrected chi connectivity index (χ0v) is 14.0. The number of carbonyl (C=O) groups excluding carboxylic acids is 1. The van der Waals surface area contributed by atoms with Crippen molar-refractivity contribution in [2.75, 3.05) is 0 Å². The second-order valence-electron chi connectivity index (χ2n) is 4.42. The molecule has 0 radical (unpaired) electrons. The summed E-state index contributed by atoms with van der Waals surface area (Å²) in [6.07, 6.45) is 1.63. The molecule has 104 valence electrons. The van der Waals surface area contributed by atoms with Crippen molar-refractivity contribution >= 4 is 37.6 Å². The summed E-state index contributed by atoms with van der Waals surface area (Å²) < 4.78 is 3.27. The molecular weight excluding hydrogens is 396 g/mol. The molecule has 0 aliphatic heterocycles. The van der Waals surface area contributed by atoms with Crippen LogP contribution < -0.4 is 0 Å². The van der Waals surface area contributed by atoms with Crippen molar-refractivity contribution in [2.45, 2.75) is 0 Å². The molecule has 0 saturated heterocycles. The first-order valence-electron chi connectivity index (χ1n) is 6.26. The molecule has 3 aromatic rings. The van der Waals surface area contributed by atoms with E-state index in [1.807, 2.05) is 42.5 Å². The topological polar surface area (TPSA) is 34.9 Å². The van der Waals surface area contributed by atoms with Crippen LogP contribution >= 0.6 is 31.9 Å². The van der Waals surface area contributed by atoms with Crippen LogP contribution in [0.3, 0.4) is 0 Å². The minimum absolute atomic E-state index is 0.0791. The summed E-state index contributed by atoms with van der Waals surface area (Å²) in [4.78, 5) is 12.8. The molecular formula is C16H10Br2N2O. The molecule has 0 aliphatic rings. The van der Waals surface area contributed by atoms with Gasteiger partial charge in [0.15, 0.2) is 0 Å². The van der Waals surface area contributed by atoms with Gasteiger partial charge in [-0.3, -0.25) is 4.79 Å². The SMILES string of the molecule is O=C(c1cc(Br)ccc1Br)c1ccnn1-c1ccccc1. The van der Waals surface area contributed by atoms with E-state index in [1.54, 1.807) is 23.0 Å². The summed E-state index contributed by atoms with van der Waals surface area (Å²) >= 11 is 6.82. The second-order valence-corrected chi connectivity index (χ2v) is 6.19. The van der Waals surface area contributed by atoms with Crippen LogP contribution in [0.5, 0.6) is 0 Å². The highest BCUT2D eigenvalue weighted by Gasteiger charge is 2.18. The van der Waals surface area contributed by atoms with Gasteiger partial charge in [-0.1, -0.05) is 50.1 Å². The van der Waals surface area contributed by atoms with Crippen molar-refractivity contribution < 1.29 is 4.79 Å². The summed E-state index contributed by atoms with van der Waals surface area (Å²) in [6, 6.07) is 16.9. The fourth-order valence-electron chi connectivity index (χ4n) is 2.06. The van der Waals surface area contributed by atoms with Crippen LogP contribution in [0, 0.1) is 0 Å². The van der Waals surface area contributed by atoms with Gasteiger partial charge >= 0.3 is 0 Å². The molecule has 3 rings (SSSR count). The summed E-state index contributed by atoms with van der Waals surface area (Å²) in [5.41, 5.74) is 1.99. The van der Waals surface area contributed by atoms with Crippen LogP contribution in [0.15, 0.2) is 69.7 Å². The number of benzene rings is 2. The number of nitrogens with zero attached hydrogens (tertiary/aromatic N) is 2. The Morgan fingerprint density at radius 2 is 1.76 bits per heavy atom. The van der Waals surface area contributed by atoms with Gasteiger partial charge in [-0.15, -0.1) is 0 Å². The Bertz CT molecular complexity index is 797. The first-order chi connectivity index (χ1) is 10.2. The van der Waals surface area contributed by atoms with E-state index in [1.165, 1.54) is 0 Å². The van der Waals surface area contributed by atoms with Crippen LogP contribution in [0.25, 0.3) is 5.69 Å². The van der Waals surface area contributed by atoms with E-state index in [0.717, 1.165) is 14.6 Å². The third-order valence-electron chi connectivity index (χ3n) is 3.05. The zero-order chi connectivity index (χ0) is 14.8. The lowest BCUT2D eigenvalue weighted by Gasteiger charge is -2.08. The molecule has 2 aromatic carbocycles. The van der Waals surface area contributed by atoms with Gasteiger partial charge in [0.25, 0.3) is 0 Å².